The Morgan fingerprint density at radius 1 is 1.32 bits per heavy atom. The number of nitrogens with zero attached hydrogens (tertiary/aromatic N) is 2. The Labute approximate surface area is 123 Å². The zero-order valence-corrected chi connectivity index (χ0v) is 13.0. The maximum absolute atomic E-state index is 4.34. The fourth-order valence-corrected chi connectivity index (χ4v) is 2.78. The highest BCUT2D eigenvalue weighted by Crippen LogP contribution is 2.25. The summed E-state index contributed by atoms with van der Waals surface area (Å²) in [6, 6.07) is 8.71. The summed E-state index contributed by atoms with van der Waals surface area (Å²) in [4.78, 5) is 0. The molecule has 1 aromatic carbocycles. The molecule has 3 nitrogen and oxygen atoms in total. The third-order valence-corrected chi connectivity index (χ3v) is 3.90. The first-order valence-electron chi connectivity index (χ1n) is 6.73. The number of nitrogens with one attached hydrogen (secondary N) is 1. The van der Waals surface area contributed by atoms with Crippen LogP contribution in [0.25, 0.3) is 0 Å². The van der Waals surface area contributed by atoms with Crippen LogP contribution in [0, 0.1) is 0 Å². The average molecular weight is 322 g/mol. The van der Waals surface area contributed by atoms with Gasteiger partial charge in [0.1, 0.15) is 0 Å². The van der Waals surface area contributed by atoms with Crippen molar-refractivity contribution in [2.45, 2.75) is 32.9 Å². The molecule has 2 aromatic rings. The van der Waals surface area contributed by atoms with Gasteiger partial charge in [-0.25, -0.2) is 0 Å². The third kappa shape index (κ3) is 3.67. The average Bonchev–Trinajstić information content (AvgIpc) is 2.87. The lowest BCUT2D eigenvalue weighted by Gasteiger charge is -2.19. The van der Waals surface area contributed by atoms with Crippen LogP contribution < -0.4 is 5.32 Å². The number of aromatic nitrogens is 2. The summed E-state index contributed by atoms with van der Waals surface area (Å²) in [6.45, 7) is 6.11. The van der Waals surface area contributed by atoms with Crippen molar-refractivity contribution in [3.8, 4) is 0 Å². The van der Waals surface area contributed by atoms with Gasteiger partial charge in [-0.05, 0) is 37.1 Å². The monoisotopic (exact) mass is 321 g/mol. The van der Waals surface area contributed by atoms with E-state index in [2.05, 4.69) is 64.6 Å². The Hall–Kier alpha value is -1.13. The van der Waals surface area contributed by atoms with Crippen LogP contribution >= 0.6 is 15.9 Å². The molecule has 0 saturated carbocycles. The third-order valence-electron chi connectivity index (χ3n) is 3.18. The van der Waals surface area contributed by atoms with Crippen molar-refractivity contribution in [3.05, 3.63) is 52.3 Å². The van der Waals surface area contributed by atoms with Gasteiger partial charge in [0.15, 0.2) is 0 Å². The largest absolute Gasteiger partial charge is 0.310 e. The molecule has 0 aliphatic rings. The van der Waals surface area contributed by atoms with Gasteiger partial charge in [0.2, 0.25) is 0 Å². The van der Waals surface area contributed by atoms with Crippen LogP contribution in [0.2, 0.25) is 0 Å². The molecule has 0 aliphatic heterocycles. The van der Waals surface area contributed by atoms with E-state index in [-0.39, 0.29) is 0 Å². The van der Waals surface area contributed by atoms with Crippen molar-refractivity contribution in [1.82, 2.24) is 15.1 Å². The first kappa shape index (κ1) is 14.3. The molecule has 0 bridgehead atoms. The molecule has 1 unspecified atom stereocenters. The lowest BCUT2D eigenvalue weighted by Crippen LogP contribution is -2.23. The fraction of sp³-hybridized carbons (Fsp3) is 0.400. The second-order valence-corrected chi connectivity index (χ2v) is 5.39. The number of rotatable bonds is 6. The van der Waals surface area contributed by atoms with Gasteiger partial charge in [0.25, 0.3) is 0 Å². The summed E-state index contributed by atoms with van der Waals surface area (Å²) in [7, 11) is 0. The summed E-state index contributed by atoms with van der Waals surface area (Å²) in [5.74, 6) is 0. The number of hydrogen-bond donors (Lipinski definition) is 1. The van der Waals surface area contributed by atoms with E-state index in [1.54, 1.807) is 0 Å². The standard InChI is InChI=1S/C15H20BrN3/c1-3-17-15(13-7-5-6-8-14(13)16)9-12-10-18-19(4-2)11-12/h5-8,10-11,15,17H,3-4,9H2,1-2H3. The Bertz CT molecular complexity index is 522. The van der Waals surface area contributed by atoms with Crippen LogP contribution in [0.4, 0.5) is 0 Å². The predicted molar refractivity (Wildman–Crippen MR) is 82.2 cm³/mol. The topological polar surface area (TPSA) is 29.9 Å². The lowest BCUT2D eigenvalue weighted by molar-refractivity contribution is 0.547. The van der Waals surface area contributed by atoms with E-state index in [9.17, 15) is 0 Å². The molecule has 0 fully saturated rings. The highest BCUT2D eigenvalue weighted by Gasteiger charge is 2.14. The van der Waals surface area contributed by atoms with Gasteiger partial charge in [0, 0.05) is 23.3 Å². The number of likely N-dealkylation sites (N-methyl/N-ethyl adjacent to an activating group) is 1. The fourth-order valence-electron chi connectivity index (χ4n) is 2.22. The molecular weight excluding hydrogens is 302 g/mol. The maximum Gasteiger partial charge on any atom is 0.0522 e. The van der Waals surface area contributed by atoms with Gasteiger partial charge < -0.3 is 5.32 Å². The van der Waals surface area contributed by atoms with E-state index >= 15 is 0 Å². The molecule has 2 rings (SSSR count). The van der Waals surface area contributed by atoms with Crippen LogP contribution in [-0.2, 0) is 13.0 Å². The van der Waals surface area contributed by atoms with Gasteiger partial charge in [-0.15, -0.1) is 0 Å². The van der Waals surface area contributed by atoms with Crippen molar-refractivity contribution in [3.63, 3.8) is 0 Å². The highest BCUT2D eigenvalue weighted by atomic mass is 79.9. The van der Waals surface area contributed by atoms with Crippen molar-refractivity contribution in [2.24, 2.45) is 0 Å². The van der Waals surface area contributed by atoms with Crippen molar-refractivity contribution in [2.75, 3.05) is 6.54 Å². The van der Waals surface area contributed by atoms with Crippen LogP contribution in [0.15, 0.2) is 41.1 Å². The maximum atomic E-state index is 4.34. The van der Waals surface area contributed by atoms with Crippen LogP contribution in [0.3, 0.4) is 0 Å². The summed E-state index contributed by atoms with van der Waals surface area (Å²) in [5, 5.41) is 7.89. The van der Waals surface area contributed by atoms with Crippen LogP contribution in [0.1, 0.15) is 31.0 Å². The van der Waals surface area contributed by atoms with Gasteiger partial charge in [0.05, 0.1) is 6.20 Å². The van der Waals surface area contributed by atoms with E-state index in [4.69, 9.17) is 0 Å². The number of benzene rings is 1. The molecule has 4 heteroatoms. The summed E-state index contributed by atoms with van der Waals surface area (Å²) >= 11 is 3.64. The van der Waals surface area contributed by atoms with E-state index in [0.717, 1.165) is 24.0 Å². The van der Waals surface area contributed by atoms with E-state index in [1.165, 1.54) is 11.1 Å². The molecule has 0 aliphatic carbocycles. The zero-order valence-electron chi connectivity index (χ0n) is 11.4. The predicted octanol–water partition coefficient (Wildman–Crippen LogP) is 3.56. The van der Waals surface area contributed by atoms with Crippen LogP contribution in [0.5, 0.6) is 0 Å². The summed E-state index contributed by atoms with van der Waals surface area (Å²) in [5.41, 5.74) is 2.57. The van der Waals surface area contributed by atoms with Crippen LogP contribution in [-0.4, -0.2) is 16.3 Å². The van der Waals surface area contributed by atoms with Gasteiger partial charge in [-0.3, -0.25) is 4.68 Å². The Morgan fingerprint density at radius 2 is 2.11 bits per heavy atom. The lowest BCUT2D eigenvalue weighted by atomic mass is 10.0. The molecular formula is C15H20BrN3. The molecule has 1 heterocycles. The highest BCUT2D eigenvalue weighted by molar-refractivity contribution is 9.10. The summed E-state index contributed by atoms with van der Waals surface area (Å²) in [6.07, 6.45) is 5.04. The van der Waals surface area contributed by atoms with Crippen molar-refractivity contribution < 1.29 is 0 Å². The first-order valence-corrected chi connectivity index (χ1v) is 7.53. The van der Waals surface area contributed by atoms with Gasteiger partial charge in [-0.2, -0.15) is 5.10 Å². The minimum Gasteiger partial charge on any atom is -0.310 e. The number of hydrogen-bond acceptors (Lipinski definition) is 2. The molecule has 0 radical (unpaired) electrons. The Kier molecular flexibility index (Phi) is 5.16. The molecule has 1 N–H and O–H groups in total. The normalized spacial score (nSPS) is 12.6. The minimum absolute atomic E-state index is 0.315. The quantitative estimate of drug-likeness (QED) is 0.881. The molecule has 1 atom stereocenters. The molecule has 19 heavy (non-hydrogen) atoms. The Morgan fingerprint density at radius 3 is 2.74 bits per heavy atom. The van der Waals surface area contributed by atoms with E-state index in [1.807, 2.05) is 16.9 Å². The second-order valence-electron chi connectivity index (χ2n) is 4.54. The smallest absolute Gasteiger partial charge is 0.0522 e. The van der Waals surface area contributed by atoms with Gasteiger partial charge in [-0.1, -0.05) is 41.1 Å². The summed E-state index contributed by atoms with van der Waals surface area (Å²) < 4.78 is 3.13. The molecule has 0 spiro atoms. The molecule has 1 aromatic heterocycles. The Balaban J connectivity index is 2.18. The number of aryl methyl sites for hydroxylation is 1. The molecule has 0 amide bonds. The van der Waals surface area contributed by atoms with Crippen molar-refractivity contribution in [1.29, 1.82) is 0 Å². The van der Waals surface area contributed by atoms with E-state index < -0.39 is 0 Å². The second kappa shape index (κ2) is 6.87. The first-order chi connectivity index (χ1) is 9.24. The molecule has 0 saturated heterocycles. The zero-order chi connectivity index (χ0) is 13.7. The number of halogens is 1. The van der Waals surface area contributed by atoms with E-state index in [0.29, 0.717) is 6.04 Å². The minimum atomic E-state index is 0.315. The molecule has 102 valence electrons. The van der Waals surface area contributed by atoms with Crippen molar-refractivity contribution >= 4 is 15.9 Å². The van der Waals surface area contributed by atoms with Gasteiger partial charge >= 0.3 is 0 Å². The SMILES string of the molecule is CCNC(Cc1cnn(CC)c1)c1ccccc1Br.